The van der Waals surface area contributed by atoms with Crippen molar-refractivity contribution in [2.45, 2.75) is 157 Å². The van der Waals surface area contributed by atoms with Crippen LogP contribution in [-0.2, 0) is 0 Å². The van der Waals surface area contributed by atoms with Crippen LogP contribution in [0.1, 0.15) is 44.9 Å². The summed E-state index contributed by atoms with van der Waals surface area (Å²) in [7, 11) is 0. The molecule has 0 amide bonds. The summed E-state index contributed by atoms with van der Waals surface area (Å²) in [4.78, 5) is 0. The molecular formula is C31H22F42I2. The summed E-state index contributed by atoms with van der Waals surface area (Å²) in [6.07, 6.45) is -99.0. The van der Waals surface area contributed by atoms with Gasteiger partial charge >= 0.3 is 74.1 Å². The van der Waals surface area contributed by atoms with Crippen molar-refractivity contribution in [2.75, 3.05) is 4.43 Å². The molecule has 75 heavy (non-hydrogen) atoms. The second kappa shape index (κ2) is 23.8. The molecule has 0 aliphatic carbocycles. The lowest BCUT2D eigenvalue weighted by molar-refractivity contribution is -0.357. The maximum atomic E-state index is 13.6. The monoisotopic (exact) mass is 1450 g/mol. The maximum absolute atomic E-state index is 13.6. The van der Waals surface area contributed by atoms with Gasteiger partial charge in [-0.25, -0.2) is 26.3 Å². The van der Waals surface area contributed by atoms with Crippen molar-refractivity contribution in [1.29, 1.82) is 0 Å². The van der Waals surface area contributed by atoms with Crippen molar-refractivity contribution in [3.63, 3.8) is 0 Å². The zero-order valence-corrected chi connectivity index (χ0v) is 38.6. The molecule has 44 heteroatoms. The van der Waals surface area contributed by atoms with Gasteiger partial charge in [-0.3, -0.25) is 0 Å². The van der Waals surface area contributed by atoms with E-state index in [1.54, 1.807) is 0 Å². The predicted molar refractivity (Wildman–Crippen MR) is 182 cm³/mol. The number of halogens is 44. The second-order valence-electron chi connectivity index (χ2n) is 14.9. The Morgan fingerprint density at radius 1 is 0.267 bits per heavy atom. The Balaban J connectivity index is -0.00000104. The minimum Gasteiger partial charge on any atom is -0.224 e. The van der Waals surface area contributed by atoms with E-state index in [0.29, 0.717) is 0 Å². The van der Waals surface area contributed by atoms with Crippen LogP contribution < -0.4 is 0 Å². The van der Waals surface area contributed by atoms with Crippen LogP contribution in [0.15, 0.2) is 12.7 Å². The SMILES string of the molecule is C=CC(CC(F)(C(F)(F)F)C(F)(F)F)CC(F)(C(F)(F)F)C(F)(F)F.FC(F)(F)C(F)(CC(CCI)CC(F)(C(F)(F)F)C(F)(F)F)C(F)(F)F.FC(F)(F)C(F)(CC(I)CC(F)(C(F)(F)F)C(F)(F)F)C(F)(F)F. The molecule has 0 aliphatic rings. The highest BCUT2D eigenvalue weighted by Gasteiger charge is 2.79. The van der Waals surface area contributed by atoms with Crippen LogP contribution in [0.2, 0.25) is 0 Å². The fourth-order valence-corrected chi connectivity index (χ4v) is 7.32. The minimum atomic E-state index is -6.72. The zero-order valence-electron chi connectivity index (χ0n) is 34.3. The third-order valence-electron chi connectivity index (χ3n) is 9.47. The molecule has 0 spiro atoms. The van der Waals surface area contributed by atoms with E-state index >= 15 is 0 Å². The molecule has 0 saturated carbocycles. The van der Waals surface area contributed by atoms with Crippen LogP contribution in [0.4, 0.5) is 184 Å². The fourth-order valence-electron chi connectivity index (χ4n) is 5.22. The van der Waals surface area contributed by atoms with Crippen LogP contribution in [0, 0.1) is 11.8 Å². The molecule has 0 heterocycles. The summed E-state index contributed by atoms with van der Waals surface area (Å²) >= 11 is 1.49. The molecule has 0 aromatic rings. The average molecular weight is 1450 g/mol. The van der Waals surface area contributed by atoms with E-state index in [0.717, 1.165) is 0 Å². The van der Waals surface area contributed by atoms with Crippen molar-refractivity contribution in [2.24, 2.45) is 11.8 Å². The topological polar surface area (TPSA) is 0 Å². The smallest absolute Gasteiger partial charge is 0.224 e. The Kier molecular flexibility index (Phi) is 24.6. The lowest BCUT2D eigenvalue weighted by atomic mass is 9.81. The van der Waals surface area contributed by atoms with E-state index in [9.17, 15) is 184 Å². The van der Waals surface area contributed by atoms with Gasteiger partial charge in [-0.05, 0) is 22.7 Å². The molecule has 0 aromatic carbocycles. The first-order valence-corrected chi connectivity index (χ1v) is 20.4. The lowest BCUT2D eigenvalue weighted by Gasteiger charge is -2.36. The van der Waals surface area contributed by atoms with Gasteiger partial charge in [0.05, 0.1) is 0 Å². The molecule has 0 rings (SSSR count). The highest BCUT2D eigenvalue weighted by molar-refractivity contribution is 14.1. The normalized spacial score (nSPS) is 15.8. The second-order valence-corrected chi connectivity index (χ2v) is 17.8. The first-order valence-electron chi connectivity index (χ1n) is 17.6. The molecule has 0 N–H and O–H groups in total. The van der Waals surface area contributed by atoms with E-state index in [4.69, 9.17) is 0 Å². The van der Waals surface area contributed by atoms with Gasteiger partial charge in [-0.2, -0.15) is 158 Å². The Bertz CT molecular complexity index is 1540. The van der Waals surface area contributed by atoms with Gasteiger partial charge in [0.25, 0.3) is 34.0 Å². The van der Waals surface area contributed by atoms with Gasteiger partial charge in [0.2, 0.25) is 0 Å². The fraction of sp³-hybridized carbons (Fsp3) is 0.935. The lowest BCUT2D eigenvalue weighted by Crippen LogP contribution is -2.57. The minimum absolute atomic E-state index is 0.238. The summed E-state index contributed by atoms with van der Waals surface area (Å²) in [5.41, 5.74) is -36.7. The summed E-state index contributed by atoms with van der Waals surface area (Å²) in [5, 5.41) is 0. The molecule has 0 fully saturated rings. The van der Waals surface area contributed by atoms with Gasteiger partial charge in [-0.15, -0.1) is 6.58 Å². The molecule has 0 atom stereocenters. The van der Waals surface area contributed by atoms with E-state index in [2.05, 4.69) is 6.58 Å². The summed E-state index contributed by atoms with van der Waals surface area (Å²) in [6, 6.07) is 0. The third-order valence-corrected chi connectivity index (χ3v) is 11.0. The molecule has 0 bridgehead atoms. The average Bonchev–Trinajstić information content (AvgIpc) is 3.09. The molecule has 0 unspecified atom stereocenters. The van der Waals surface area contributed by atoms with Crippen molar-refractivity contribution in [1.82, 2.24) is 0 Å². The molecule has 0 nitrogen and oxygen atoms in total. The number of alkyl halides is 44. The van der Waals surface area contributed by atoms with E-state index in [-0.39, 0.29) is 28.7 Å². The Labute approximate surface area is 414 Å². The Morgan fingerprint density at radius 3 is 0.547 bits per heavy atom. The molecular weight excluding hydrogens is 1420 g/mol. The van der Waals surface area contributed by atoms with E-state index < -0.39 is 173 Å². The van der Waals surface area contributed by atoms with Gasteiger partial charge in [0, 0.05) is 42.4 Å². The molecule has 0 aliphatic heterocycles. The number of rotatable bonds is 15. The van der Waals surface area contributed by atoms with Gasteiger partial charge in [-0.1, -0.05) is 51.3 Å². The van der Waals surface area contributed by atoms with Crippen molar-refractivity contribution in [3.05, 3.63) is 12.7 Å². The zero-order chi connectivity index (χ0) is 62.1. The van der Waals surface area contributed by atoms with Gasteiger partial charge < -0.3 is 0 Å². The van der Waals surface area contributed by atoms with Crippen LogP contribution >= 0.6 is 45.2 Å². The highest BCUT2D eigenvalue weighted by atomic mass is 127. The highest BCUT2D eigenvalue weighted by Crippen LogP contribution is 2.58. The summed E-state index contributed by atoms with van der Waals surface area (Å²) in [5.74, 6) is -5.95. The van der Waals surface area contributed by atoms with Gasteiger partial charge in [0.15, 0.2) is 0 Å². The summed E-state index contributed by atoms with van der Waals surface area (Å²) in [6.45, 7) is 2.45. The number of hydrogen-bond donors (Lipinski definition) is 0. The van der Waals surface area contributed by atoms with E-state index in [1.165, 1.54) is 22.6 Å². The quantitative estimate of drug-likeness (QED) is 0.0663. The van der Waals surface area contributed by atoms with Gasteiger partial charge in [0.1, 0.15) is 0 Å². The first kappa shape index (κ1) is 77.5. The Morgan fingerprint density at radius 2 is 0.413 bits per heavy atom. The van der Waals surface area contributed by atoms with Crippen LogP contribution in [0.3, 0.4) is 0 Å². The third kappa shape index (κ3) is 17.9. The van der Waals surface area contributed by atoms with Crippen molar-refractivity contribution < 1.29 is 184 Å². The summed E-state index contributed by atoms with van der Waals surface area (Å²) < 4.78 is 521. The largest absolute Gasteiger partial charge is 0.431 e. The van der Waals surface area contributed by atoms with E-state index in [1.807, 2.05) is 0 Å². The Hall–Kier alpha value is -1.74. The first-order chi connectivity index (χ1) is 31.9. The van der Waals surface area contributed by atoms with Crippen molar-refractivity contribution in [3.8, 4) is 0 Å². The number of allylic oxidation sites excluding steroid dienone is 1. The van der Waals surface area contributed by atoms with Crippen molar-refractivity contribution >= 4 is 45.2 Å². The molecule has 0 radical (unpaired) electrons. The maximum Gasteiger partial charge on any atom is 0.431 e. The standard InChI is InChI=1S/C11H9F14I.C11H8F14.C9H5F14I/c12-6(8(14,15)16,9(17,18)19)3-5(1-2-26)4-7(13,10(20,21)22)11(23,24)25;1-2-5(3-6(12,8(14,15)16)9(17,18)19)4-7(13,10(20,21)22)11(23,24)25;10-4(6(12,13)14,7(15,16)17)1-3(24)2-5(11,8(18,19)20)9(21,22)23/h5H,1-4H2;2,5H,1,3-4H2;3H,1-2H2. The van der Waals surface area contributed by atoms with Crippen LogP contribution in [0.25, 0.3) is 0 Å². The molecule has 0 saturated heterocycles. The predicted octanol–water partition coefficient (Wildman–Crippen LogP) is 19.3. The van der Waals surface area contributed by atoms with Crippen LogP contribution in [0.5, 0.6) is 0 Å². The number of hydrogen-bond acceptors (Lipinski definition) is 0. The molecule has 454 valence electrons. The molecule has 0 aromatic heterocycles. The van der Waals surface area contributed by atoms with Crippen LogP contribution in [-0.4, -0.2) is 116 Å².